The van der Waals surface area contributed by atoms with Crippen LogP contribution in [0.1, 0.15) is 12.1 Å². The highest BCUT2D eigenvalue weighted by Crippen LogP contribution is 2.10. The molecule has 3 N–H and O–H groups in total. The van der Waals surface area contributed by atoms with Gasteiger partial charge in [-0.05, 0) is 13.3 Å². The number of hydrogen-bond acceptors (Lipinski definition) is 6. The predicted molar refractivity (Wildman–Crippen MR) is 64.4 cm³/mol. The Kier molecular flexibility index (Phi) is 4.64. The van der Waals surface area contributed by atoms with E-state index in [4.69, 9.17) is 9.88 Å². The van der Waals surface area contributed by atoms with Gasteiger partial charge in [0.1, 0.15) is 0 Å². The number of nitrogens with zero attached hydrogens (tertiary/aromatic N) is 2. The van der Waals surface area contributed by atoms with E-state index in [0.717, 1.165) is 5.69 Å². The fourth-order valence-electron chi connectivity index (χ4n) is 1.20. The van der Waals surface area contributed by atoms with Crippen LogP contribution in [0.3, 0.4) is 0 Å². The van der Waals surface area contributed by atoms with Crippen LogP contribution in [0.5, 0.6) is 5.88 Å². The van der Waals surface area contributed by atoms with Crippen molar-refractivity contribution in [1.29, 1.82) is 0 Å². The van der Waals surface area contributed by atoms with E-state index >= 15 is 0 Å². The summed E-state index contributed by atoms with van der Waals surface area (Å²) in [5.74, 6) is 0.811. The van der Waals surface area contributed by atoms with Crippen LogP contribution in [0.15, 0.2) is 6.07 Å². The number of primary sulfonamides is 1. The first kappa shape index (κ1) is 13.7. The Labute approximate surface area is 100 Å². The first-order valence-corrected chi connectivity index (χ1v) is 6.76. The maximum atomic E-state index is 10.7. The molecule has 0 aromatic carbocycles. The standard InChI is InChI=1S/C9H16N4O3S/c1-7-6-8(16-2)13-9(12-7)11-4-3-5-17(10,14)15/h6H,3-5H2,1-2H3,(H2,10,14,15)(H,11,12,13). The van der Waals surface area contributed by atoms with Crippen LogP contribution < -0.4 is 15.2 Å². The second-order valence-corrected chi connectivity index (χ2v) is 5.26. The zero-order valence-electron chi connectivity index (χ0n) is 9.80. The van der Waals surface area contributed by atoms with Gasteiger partial charge in [0.25, 0.3) is 0 Å². The third kappa shape index (κ3) is 5.45. The number of sulfonamides is 1. The molecule has 0 aliphatic heterocycles. The van der Waals surface area contributed by atoms with Crippen LogP contribution in [0.2, 0.25) is 0 Å². The molecule has 0 unspecified atom stereocenters. The smallest absolute Gasteiger partial charge is 0.226 e. The molecule has 0 aliphatic rings. The molecule has 0 saturated heterocycles. The summed E-state index contributed by atoms with van der Waals surface area (Å²) in [5.41, 5.74) is 0.769. The average Bonchev–Trinajstić information content (AvgIpc) is 2.22. The summed E-state index contributed by atoms with van der Waals surface area (Å²) >= 11 is 0. The number of rotatable bonds is 6. The van der Waals surface area contributed by atoms with Crippen molar-refractivity contribution < 1.29 is 13.2 Å². The molecule has 0 bridgehead atoms. The minimum Gasteiger partial charge on any atom is -0.481 e. The van der Waals surface area contributed by atoms with E-state index in [1.54, 1.807) is 6.07 Å². The quantitative estimate of drug-likeness (QED) is 0.691. The number of anilines is 1. The minimum atomic E-state index is -3.41. The third-order valence-corrected chi connectivity index (χ3v) is 2.79. The molecule has 1 aromatic rings. The van der Waals surface area contributed by atoms with Gasteiger partial charge in [-0.1, -0.05) is 0 Å². The van der Waals surface area contributed by atoms with Crippen LogP contribution in [0.4, 0.5) is 5.95 Å². The fraction of sp³-hybridized carbons (Fsp3) is 0.556. The van der Waals surface area contributed by atoms with Gasteiger partial charge in [0.15, 0.2) is 0 Å². The molecule has 1 heterocycles. The lowest BCUT2D eigenvalue weighted by molar-refractivity contribution is 0.397. The van der Waals surface area contributed by atoms with E-state index in [1.807, 2.05) is 6.92 Å². The van der Waals surface area contributed by atoms with Gasteiger partial charge in [-0.3, -0.25) is 0 Å². The minimum absolute atomic E-state index is 0.0665. The second-order valence-electron chi connectivity index (χ2n) is 3.52. The molecule has 8 heteroatoms. The highest BCUT2D eigenvalue weighted by Gasteiger charge is 2.04. The Morgan fingerprint density at radius 2 is 2.18 bits per heavy atom. The Hall–Kier alpha value is -1.41. The van der Waals surface area contributed by atoms with Gasteiger partial charge in [0.05, 0.1) is 12.9 Å². The SMILES string of the molecule is COc1cc(C)nc(NCCCS(N)(=O)=O)n1. The average molecular weight is 260 g/mol. The lowest BCUT2D eigenvalue weighted by Crippen LogP contribution is -2.19. The molecular formula is C9H16N4O3S. The van der Waals surface area contributed by atoms with Gasteiger partial charge in [-0.2, -0.15) is 4.98 Å². The van der Waals surface area contributed by atoms with E-state index in [1.165, 1.54) is 7.11 Å². The van der Waals surface area contributed by atoms with Gasteiger partial charge in [-0.25, -0.2) is 18.5 Å². The number of ether oxygens (including phenoxy) is 1. The maximum absolute atomic E-state index is 10.7. The number of hydrogen-bond donors (Lipinski definition) is 2. The summed E-state index contributed by atoms with van der Waals surface area (Å²) in [6, 6.07) is 1.70. The molecule has 1 rings (SSSR count). The van der Waals surface area contributed by atoms with Crippen molar-refractivity contribution in [3.05, 3.63) is 11.8 Å². The van der Waals surface area contributed by atoms with Crippen molar-refractivity contribution in [3.8, 4) is 5.88 Å². The Bertz CT molecular complexity index is 475. The fourth-order valence-corrected chi connectivity index (χ4v) is 1.74. The maximum Gasteiger partial charge on any atom is 0.226 e. The van der Waals surface area contributed by atoms with Gasteiger partial charge < -0.3 is 10.1 Å². The topological polar surface area (TPSA) is 107 Å². The summed E-state index contributed by atoms with van der Waals surface area (Å²) in [6.07, 6.45) is 0.401. The molecule has 7 nitrogen and oxygen atoms in total. The van der Waals surface area contributed by atoms with Gasteiger partial charge >= 0.3 is 0 Å². The lowest BCUT2D eigenvalue weighted by Gasteiger charge is -2.06. The Balaban J connectivity index is 2.49. The van der Waals surface area contributed by atoms with E-state index in [2.05, 4.69) is 15.3 Å². The van der Waals surface area contributed by atoms with Gasteiger partial charge in [0.2, 0.25) is 21.9 Å². The molecule has 0 atom stereocenters. The lowest BCUT2D eigenvalue weighted by atomic mass is 10.4. The molecule has 0 spiro atoms. The summed E-state index contributed by atoms with van der Waals surface area (Å²) in [7, 11) is -1.88. The zero-order valence-corrected chi connectivity index (χ0v) is 10.6. The van der Waals surface area contributed by atoms with Crippen molar-refractivity contribution >= 4 is 16.0 Å². The number of nitrogens with two attached hydrogens (primary N) is 1. The summed E-state index contributed by atoms with van der Waals surface area (Å²) in [4.78, 5) is 8.19. The van der Waals surface area contributed by atoms with E-state index < -0.39 is 10.0 Å². The largest absolute Gasteiger partial charge is 0.481 e. The monoisotopic (exact) mass is 260 g/mol. The van der Waals surface area contributed by atoms with E-state index in [9.17, 15) is 8.42 Å². The number of aryl methyl sites for hydroxylation is 1. The molecule has 96 valence electrons. The number of aromatic nitrogens is 2. The molecule has 1 aromatic heterocycles. The number of methoxy groups -OCH3 is 1. The van der Waals surface area contributed by atoms with E-state index in [-0.39, 0.29) is 5.75 Å². The normalized spacial score (nSPS) is 11.2. The van der Waals surface area contributed by atoms with E-state index in [0.29, 0.717) is 24.8 Å². The molecule has 0 aliphatic carbocycles. The summed E-state index contributed by atoms with van der Waals surface area (Å²) in [5, 5.41) is 7.79. The highest BCUT2D eigenvalue weighted by atomic mass is 32.2. The van der Waals surface area contributed by atoms with Crippen LogP contribution in [0.25, 0.3) is 0 Å². The third-order valence-electron chi connectivity index (χ3n) is 1.93. The molecule has 17 heavy (non-hydrogen) atoms. The van der Waals surface area contributed by atoms with Crippen molar-refractivity contribution in [2.45, 2.75) is 13.3 Å². The van der Waals surface area contributed by atoms with Crippen molar-refractivity contribution in [2.24, 2.45) is 5.14 Å². The van der Waals surface area contributed by atoms with Crippen LogP contribution in [-0.2, 0) is 10.0 Å². The molecule has 0 radical (unpaired) electrons. The molecule has 0 fully saturated rings. The Morgan fingerprint density at radius 3 is 2.76 bits per heavy atom. The summed E-state index contributed by atoms with van der Waals surface area (Å²) < 4.78 is 26.4. The second kappa shape index (κ2) is 5.78. The molecule has 0 amide bonds. The molecular weight excluding hydrogens is 244 g/mol. The zero-order chi connectivity index (χ0) is 12.9. The van der Waals surface area contributed by atoms with Crippen LogP contribution in [0, 0.1) is 6.92 Å². The van der Waals surface area contributed by atoms with Crippen molar-refractivity contribution in [2.75, 3.05) is 24.7 Å². The van der Waals surface area contributed by atoms with Crippen molar-refractivity contribution in [3.63, 3.8) is 0 Å². The summed E-state index contributed by atoms with van der Waals surface area (Å²) in [6.45, 7) is 2.25. The molecule has 0 saturated carbocycles. The predicted octanol–water partition coefficient (Wildman–Crippen LogP) is -0.116. The van der Waals surface area contributed by atoms with Crippen LogP contribution >= 0.6 is 0 Å². The Morgan fingerprint density at radius 1 is 1.47 bits per heavy atom. The van der Waals surface area contributed by atoms with Crippen molar-refractivity contribution in [1.82, 2.24) is 9.97 Å². The van der Waals surface area contributed by atoms with Gasteiger partial charge in [-0.15, -0.1) is 0 Å². The number of nitrogens with one attached hydrogen (secondary N) is 1. The van der Waals surface area contributed by atoms with Gasteiger partial charge in [0, 0.05) is 18.3 Å². The first-order chi connectivity index (χ1) is 7.90. The van der Waals surface area contributed by atoms with Crippen LogP contribution in [-0.4, -0.2) is 37.8 Å². The highest BCUT2D eigenvalue weighted by molar-refractivity contribution is 7.89. The first-order valence-electron chi connectivity index (χ1n) is 5.05.